The Bertz CT molecular complexity index is 1370. The number of nitrogens with zero attached hydrogens (tertiary/aromatic N) is 1. The van der Waals surface area contributed by atoms with Crippen molar-refractivity contribution in [1.82, 2.24) is 4.57 Å². The van der Waals surface area contributed by atoms with Crippen LogP contribution in [0.4, 0.5) is 13.2 Å². The Kier molecular flexibility index (Phi) is 6.89. The molecule has 1 aromatic heterocycles. The fourth-order valence-corrected chi connectivity index (χ4v) is 4.02. The zero-order chi connectivity index (χ0) is 25.2. The van der Waals surface area contributed by atoms with Crippen molar-refractivity contribution in [3.8, 4) is 22.7 Å². The third-order valence-electron chi connectivity index (χ3n) is 5.54. The van der Waals surface area contributed by atoms with E-state index in [1.54, 1.807) is 29.7 Å². The van der Waals surface area contributed by atoms with Gasteiger partial charge in [-0.3, -0.25) is 0 Å². The van der Waals surface area contributed by atoms with E-state index in [0.717, 1.165) is 24.1 Å². The molecular weight excluding hydrogens is 479 g/mol. The summed E-state index contributed by atoms with van der Waals surface area (Å²) in [5.41, 5.74) is 1.75. The second-order valence-corrected chi connectivity index (χ2v) is 8.38. The van der Waals surface area contributed by atoms with Gasteiger partial charge in [-0.1, -0.05) is 42.0 Å². The second kappa shape index (κ2) is 9.88. The Morgan fingerprint density at radius 1 is 1.11 bits per heavy atom. The molecule has 2 aromatic carbocycles. The molecule has 1 aliphatic rings. The van der Waals surface area contributed by atoms with Crippen molar-refractivity contribution in [1.29, 1.82) is 0 Å². The molecule has 1 N–H and O–H groups in total. The maximum atomic E-state index is 13.6. The quantitative estimate of drug-likeness (QED) is 0.379. The molecule has 0 bridgehead atoms. The molecule has 180 valence electrons. The maximum absolute atomic E-state index is 13.6. The highest BCUT2D eigenvalue weighted by atomic mass is 35.5. The van der Waals surface area contributed by atoms with Crippen LogP contribution in [0.1, 0.15) is 28.0 Å². The van der Waals surface area contributed by atoms with Crippen LogP contribution in [0, 0.1) is 6.92 Å². The second-order valence-electron chi connectivity index (χ2n) is 7.97. The van der Waals surface area contributed by atoms with E-state index in [1.807, 2.05) is 30.4 Å². The molecule has 0 aliphatic heterocycles. The molecule has 1 heterocycles. The molecule has 35 heavy (non-hydrogen) atoms. The molecule has 0 radical (unpaired) electrons. The Balaban J connectivity index is 1.83. The summed E-state index contributed by atoms with van der Waals surface area (Å²) in [6.45, 7) is 1.95. The topological polar surface area (TPSA) is 51.5 Å². The number of carboxylic acids is 1. The van der Waals surface area contributed by atoms with Crippen LogP contribution in [-0.2, 0) is 6.18 Å². The number of carboxylic acid groups (broad SMARTS) is 1. The van der Waals surface area contributed by atoms with Gasteiger partial charge in [-0.15, -0.1) is 0 Å². The molecule has 0 spiro atoms. The molecule has 0 saturated carbocycles. The first-order chi connectivity index (χ1) is 16.6. The van der Waals surface area contributed by atoms with E-state index in [9.17, 15) is 23.1 Å². The Morgan fingerprint density at radius 2 is 1.91 bits per heavy atom. The first kappa shape index (κ1) is 24.4. The van der Waals surface area contributed by atoms with E-state index < -0.39 is 17.7 Å². The van der Waals surface area contributed by atoms with Gasteiger partial charge >= 0.3 is 12.1 Å². The van der Waals surface area contributed by atoms with E-state index >= 15 is 0 Å². The molecule has 0 atom stereocenters. The number of aryl methyl sites for hydroxylation is 1. The molecule has 4 nitrogen and oxygen atoms in total. The average Bonchev–Trinajstić information content (AvgIpc) is 3.01. The smallest absolute Gasteiger partial charge is 0.416 e. The van der Waals surface area contributed by atoms with Gasteiger partial charge in [-0.2, -0.15) is 13.2 Å². The van der Waals surface area contributed by atoms with Crippen LogP contribution in [0.2, 0.25) is 5.02 Å². The first-order valence-corrected chi connectivity index (χ1v) is 11.1. The fraction of sp³-hybridized carbons (Fsp3) is 0.148. The molecule has 0 amide bonds. The number of aromatic nitrogens is 1. The number of allylic oxidation sites excluding steroid dienone is 4. The predicted molar refractivity (Wildman–Crippen MR) is 129 cm³/mol. The maximum Gasteiger partial charge on any atom is 0.416 e. The highest BCUT2D eigenvalue weighted by molar-refractivity contribution is 6.33. The summed E-state index contributed by atoms with van der Waals surface area (Å²) in [4.78, 5) is 11.6. The minimum Gasteiger partial charge on any atom is -0.488 e. The number of halogens is 4. The fourth-order valence-electron chi connectivity index (χ4n) is 3.82. The van der Waals surface area contributed by atoms with E-state index in [-0.39, 0.29) is 28.5 Å². The van der Waals surface area contributed by atoms with E-state index in [4.69, 9.17) is 16.3 Å². The van der Waals surface area contributed by atoms with Gasteiger partial charge in [0.1, 0.15) is 12.4 Å². The van der Waals surface area contributed by atoms with Crippen LogP contribution in [0.3, 0.4) is 0 Å². The molecule has 0 fully saturated rings. The zero-order valence-electron chi connectivity index (χ0n) is 18.6. The molecule has 3 aromatic rings. The average molecular weight is 500 g/mol. The van der Waals surface area contributed by atoms with E-state index in [1.165, 1.54) is 18.2 Å². The van der Waals surface area contributed by atoms with Gasteiger partial charge < -0.3 is 14.4 Å². The SMILES string of the molecule is Cc1ccc(-c2cc(C(F)(F)F)ccc2OCC2=CC=CCC=C2)n1-c1ccc(Cl)c(C(=O)O)c1. The monoisotopic (exact) mass is 499 g/mol. The lowest BCUT2D eigenvalue weighted by molar-refractivity contribution is -0.137. The first-order valence-electron chi connectivity index (χ1n) is 10.7. The molecule has 0 unspecified atom stereocenters. The van der Waals surface area contributed by atoms with Gasteiger partial charge in [-0.25, -0.2) is 4.79 Å². The summed E-state index contributed by atoms with van der Waals surface area (Å²) in [6.07, 6.45) is 5.91. The van der Waals surface area contributed by atoms with Crippen molar-refractivity contribution in [3.05, 3.63) is 106 Å². The highest BCUT2D eigenvalue weighted by Gasteiger charge is 2.32. The zero-order valence-corrected chi connectivity index (χ0v) is 19.4. The van der Waals surface area contributed by atoms with Crippen LogP contribution < -0.4 is 4.74 Å². The van der Waals surface area contributed by atoms with Crippen LogP contribution in [0.25, 0.3) is 16.9 Å². The Morgan fingerprint density at radius 3 is 2.66 bits per heavy atom. The van der Waals surface area contributed by atoms with Crippen LogP contribution >= 0.6 is 11.6 Å². The number of carbonyl (C=O) groups is 1. The summed E-state index contributed by atoms with van der Waals surface area (Å²) in [6, 6.07) is 11.2. The van der Waals surface area contributed by atoms with Gasteiger partial charge in [0.05, 0.1) is 21.8 Å². The number of alkyl halides is 3. The lowest BCUT2D eigenvalue weighted by Gasteiger charge is -2.18. The Labute approximate surface area is 205 Å². The lowest BCUT2D eigenvalue weighted by atomic mass is 10.1. The van der Waals surface area contributed by atoms with Gasteiger partial charge in [0.2, 0.25) is 0 Å². The summed E-state index contributed by atoms with van der Waals surface area (Å²) in [5, 5.41) is 9.54. The molecule has 4 rings (SSSR count). The van der Waals surface area contributed by atoms with Crippen LogP contribution in [-0.4, -0.2) is 22.2 Å². The summed E-state index contributed by atoms with van der Waals surface area (Å²) >= 11 is 6.02. The Hall–Kier alpha value is -3.71. The van der Waals surface area contributed by atoms with Crippen LogP contribution in [0.5, 0.6) is 5.75 Å². The van der Waals surface area contributed by atoms with Crippen molar-refractivity contribution in [2.75, 3.05) is 6.61 Å². The molecule has 1 aliphatic carbocycles. The van der Waals surface area contributed by atoms with Crippen LogP contribution in [0.15, 0.2) is 84.5 Å². The summed E-state index contributed by atoms with van der Waals surface area (Å²) < 4.78 is 48.5. The number of benzene rings is 2. The summed E-state index contributed by atoms with van der Waals surface area (Å²) in [5.74, 6) is -0.933. The van der Waals surface area contributed by atoms with Gasteiger partial charge in [-0.05, 0) is 67.4 Å². The number of hydrogen-bond acceptors (Lipinski definition) is 2. The number of hydrogen-bond donors (Lipinski definition) is 1. The number of aromatic carboxylic acids is 1. The predicted octanol–water partition coefficient (Wildman–Crippen LogP) is 7.64. The lowest BCUT2D eigenvalue weighted by Crippen LogP contribution is -2.08. The van der Waals surface area contributed by atoms with E-state index in [0.29, 0.717) is 17.1 Å². The molecule has 8 heteroatoms. The third-order valence-corrected chi connectivity index (χ3v) is 5.87. The molecular formula is C27H21ClF3NO3. The van der Waals surface area contributed by atoms with Gasteiger partial charge in [0.15, 0.2) is 0 Å². The third kappa shape index (κ3) is 5.35. The minimum absolute atomic E-state index is 0.0643. The van der Waals surface area contributed by atoms with Crippen molar-refractivity contribution >= 4 is 17.6 Å². The standard InChI is InChI=1S/C27H21ClF3NO3/c1-17-8-12-24(32(17)20-10-11-23(28)21(15-20)26(33)34)22-14-19(27(29,30)31)9-13-25(22)35-16-18-6-4-2-3-5-7-18/h2,4-15H,3,16H2,1H3,(H,33,34). The molecule has 0 saturated heterocycles. The van der Waals surface area contributed by atoms with Crippen molar-refractivity contribution < 1.29 is 27.8 Å². The van der Waals surface area contributed by atoms with Gasteiger partial charge in [0, 0.05) is 16.9 Å². The van der Waals surface area contributed by atoms with E-state index in [2.05, 4.69) is 0 Å². The van der Waals surface area contributed by atoms with Crippen molar-refractivity contribution in [2.45, 2.75) is 19.5 Å². The number of rotatable bonds is 6. The normalized spacial score (nSPS) is 13.5. The number of ether oxygens (including phenoxy) is 1. The summed E-state index contributed by atoms with van der Waals surface area (Å²) in [7, 11) is 0. The largest absolute Gasteiger partial charge is 0.488 e. The van der Waals surface area contributed by atoms with Crippen molar-refractivity contribution in [3.63, 3.8) is 0 Å². The minimum atomic E-state index is -4.55. The highest BCUT2D eigenvalue weighted by Crippen LogP contribution is 2.39. The van der Waals surface area contributed by atoms with Crippen molar-refractivity contribution in [2.24, 2.45) is 0 Å². The van der Waals surface area contributed by atoms with Gasteiger partial charge in [0.25, 0.3) is 0 Å².